The van der Waals surface area contributed by atoms with Crippen LogP contribution < -0.4 is 9.47 Å². The zero-order valence-electron chi connectivity index (χ0n) is 34.1. The number of ketones is 3. The van der Waals surface area contributed by atoms with E-state index in [1.165, 1.54) is 7.11 Å². The quantitative estimate of drug-likeness (QED) is 0.0466. The SMILES string of the molecule is CC(=O)c1ccc(OCCOC2CCCCO2)cc1.COC(=O)c1ccc(C)cc1.Cc1ccc(C(=O)CC(=O)c2ccc(OCCOC3CCCCO3)cc2)cc1. The maximum atomic E-state index is 12.3. The van der Waals surface area contributed by atoms with E-state index in [1.54, 1.807) is 79.7 Å². The summed E-state index contributed by atoms with van der Waals surface area (Å²) in [7, 11) is 1.38. The number of carbonyl (C=O) groups is 4. The second kappa shape index (κ2) is 25.2. The Labute approximate surface area is 341 Å². The lowest BCUT2D eigenvalue weighted by Crippen LogP contribution is -2.24. The molecule has 2 saturated heterocycles. The lowest BCUT2D eigenvalue weighted by molar-refractivity contribution is -0.165. The predicted molar refractivity (Wildman–Crippen MR) is 220 cm³/mol. The third-order valence-corrected chi connectivity index (χ3v) is 9.19. The average molecular weight is 797 g/mol. The van der Waals surface area contributed by atoms with Crippen LogP contribution >= 0.6 is 0 Å². The highest BCUT2D eigenvalue weighted by Gasteiger charge is 2.16. The van der Waals surface area contributed by atoms with Crippen molar-refractivity contribution in [2.75, 3.05) is 46.8 Å². The van der Waals surface area contributed by atoms with Crippen LogP contribution in [0.2, 0.25) is 0 Å². The van der Waals surface area contributed by atoms with Crippen LogP contribution in [-0.2, 0) is 23.7 Å². The van der Waals surface area contributed by atoms with Crippen molar-refractivity contribution in [1.82, 2.24) is 0 Å². The molecule has 6 rings (SSSR count). The van der Waals surface area contributed by atoms with Crippen LogP contribution in [0.3, 0.4) is 0 Å². The molecule has 4 aromatic rings. The van der Waals surface area contributed by atoms with Crippen LogP contribution in [0.1, 0.15) is 104 Å². The molecule has 2 aliphatic heterocycles. The van der Waals surface area contributed by atoms with Gasteiger partial charge in [0.15, 0.2) is 29.9 Å². The Morgan fingerprint density at radius 1 is 0.534 bits per heavy atom. The largest absolute Gasteiger partial charge is 0.491 e. The van der Waals surface area contributed by atoms with Gasteiger partial charge >= 0.3 is 5.97 Å². The molecule has 2 atom stereocenters. The van der Waals surface area contributed by atoms with E-state index in [9.17, 15) is 19.2 Å². The molecule has 310 valence electrons. The standard InChI is InChI=1S/C23H26O5.C15H20O4.C9H10O2/c1-17-5-7-18(8-6-17)21(24)16-22(25)19-9-11-20(12-10-19)26-14-15-28-23-4-2-3-13-27-23;1-12(16)13-5-7-14(8-6-13)17-10-11-19-15-4-2-3-9-18-15;1-7-3-5-8(6-4-7)9(10)11-2/h5-12,23H,2-4,13-16H2,1H3;5-8,15H,2-4,9-11H2,1H3;3-6H,1-2H3. The summed E-state index contributed by atoms with van der Waals surface area (Å²) < 4.78 is 37.9. The second-order valence-electron chi connectivity index (χ2n) is 13.9. The molecule has 0 aromatic heterocycles. The Hall–Kier alpha value is -5.20. The number of carbonyl (C=O) groups excluding carboxylic acids is 4. The van der Waals surface area contributed by atoms with Gasteiger partial charge in [-0.1, -0.05) is 47.5 Å². The summed E-state index contributed by atoms with van der Waals surface area (Å²) in [6.45, 7) is 8.90. The molecule has 2 aliphatic rings. The van der Waals surface area contributed by atoms with Crippen molar-refractivity contribution in [2.45, 2.75) is 78.3 Å². The zero-order valence-corrected chi connectivity index (χ0v) is 34.1. The van der Waals surface area contributed by atoms with Gasteiger partial charge < -0.3 is 33.2 Å². The van der Waals surface area contributed by atoms with E-state index in [0.717, 1.165) is 68.6 Å². The van der Waals surface area contributed by atoms with Gasteiger partial charge in [0.2, 0.25) is 0 Å². The first-order chi connectivity index (χ1) is 28.1. The molecule has 0 N–H and O–H groups in total. The molecule has 2 heterocycles. The van der Waals surface area contributed by atoms with E-state index in [-0.39, 0.29) is 42.3 Å². The summed E-state index contributed by atoms with van der Waals surface area (Å²) in [6.07, 6.45) is 6.08. The van der Waals surface area contributed by atoms with Crippen molar-refractivity contribution >= 4 is 23.3 Å². The fourth-order valence-electron chi connectivity index (χ4n) is 5.78. The van der Waals surface area contributed by atoms with Gasteiger partial charge in [0.1, 0.15) is 24.7 Å². The maximum Gasteiger partial charge on any atom is 0.337 e. The van der Waals surface area contributed by atoms with E-state index in [2.05, 4.69) is 4.74 Å². The summed E-state index contributed by atoms with van der Waals surface area (Å²) >= 11 is 0. The van der Waals surface area contributed by atoms with Crippen LogP contribution in [0, 0.1) is 13.8 Å². The summed E-state index contributed by atoms with van der Waals surface area (Å²) in [6, 6.07) is 28.5. The normalized spacial score (nSPS) is 16.0. The van der Waals surface area contributed by atoms with Crippen molar-refractivity contribution in [1.29, 1.82) is 0 Å². The van der Waals surface area contributed by atoms with Gasteiger partial charge in [0.25, 0.3) is 0 Å². The first kappa shape index (κ1) is 45.5. The van der Waals surface area contributed by atoms with Gasteiger partial charge in [0, 0.05) is 29.9 Å². The monoisotopic (exact) mass is 796 g/mol. The van der Waals surface area contributed by atoms with Crippen LogP contribution in [0.5, 0.6) is 11.5 Å². The lowest BCUT2D eigenvalue weighted by atomic mass is 10.0. The molecular formula is C47H56O11. The molecule has 0 bridgehead atoms. The molecule has 4 aromatic carbocycles. The van der Waals surface area contributed by atoms with Crippen molar-refractivity contribution in [3.63, 3.8) is 0 Å². The minimum atomic E-state index is -0.287. The van der Waals surface area contributed by atoms with Crippen molar-refractivity contribution in [3.8, 4) is 11.5 Å². The number of hydrogen-bond acceptors (Lipinski definition) is 11. The van der Waals surface area contributed by atoms with Gasteiger partial charge in [-0.05, 0) is 120 Å². The molecule has 2 unspecified atom stereocenters. The Morgan fingerprint density at radius 3 is 1.31 bits per heavy atom. The summed E-state index contributed by atoms with van der Waals surface area (Å²) in [5.74, 6) is 0.810. The van der Waals surface area contributed by atoms with Crippen LogP contribution in [-0.4, -0.2) is 82.7 Å². The van der Waals surface area contributed by atoms with Gasteiger partial charge in [-0.15, -0.1) is 0 Å². The van der Waals surface area contributed by atoms with Crippen molar-refractivity contribution < 1.29 is 52.3 Å². The van der Waals surface area contributed by atoms with Gasteiger partial charge in [0.05, 0.1) is 32.3 Å². The molecule has 58 heavy (non-hydrogen) atoms. The Morgan fingerprint density at radius 2 is 0.931 bits per heavy atom. The number of hydrogen-bond donors (Lipinski definition) is 0. The van der Waals surface area contributed by atoms with E-state index >= 15 is 0 Å². The highest BCUT2D eigenvalue weighted by Crippen LogP contribution is 2.18. The van der Waals surface area contributed by atoms with Crippen molar-refractivity contribution in [2.24, 2.45) is 0 Å². The van der Waals surface area contributed by atoms with Crippen LogP contribution in [0.25, 0.3) is 0 Å². The minimum Gasteiger partial charge on any atom is -0.491 e. The summed E-state index contributed by atoms with van der Waals surface area (Å²) in [5, 5.41) is 0. The first-order valence-electron chi connectivity index (χ1n) is 19.8. The van der Waals surface area contributed by atoms with E-state index in [1.807, 2.05) is 38.1 Å². The molecular weight excluding hydrogens is 741 g/mol. The number of methoxy groups -OCH3 is 1. The second-order valence-corrected chi connectivity index (χ2v) is 13.9. The van der Waals surface area contributed by atoms with Crippen LogP contribution in [0.15, 0.2) is 97.1 Å². The Balaban J connectivity index is 0.000000213. The number of rotatable bonds is 16. The molecule has 0 radical (unpaired) electrons. The summed E-state index contributed by atoms with van der Waals surface area (Å²) in [4.78, 5) is 46.6. The maximum absolute atomic E-state index is 12.3. The molecule has 11 nitrogen and oxygen atoms in total. The molecule has 11 heteroatoms. The molecule has 0 spiro atoms. The average Bonchev–Trinajstić information content (AvgIpc) is 3.25. The minimum absolute atomic E-state index is 0.0596. The molecule has 0 saturated carbocycles. The number of Topliss-reactive ketones (excluding diaryl/α,β-unsaturated/α-hetero) is 3. The van der Waals surface area contributed by atoms with Crippen molar-refractivity contribution in [3.05, 3.63) is 130 Å². The number of benzene rings is 4. The van der Waals surface area contributed by atoms with E-state index in [4.69, 9.17) is 28.4 Å². The van der Waals surface area contributed by atoms with E-state index in [0.29, 0.717) is 54.4 Å². The highest BCUT2D eigenvalue weighted by molar-refractivity contribution is 6.13. The highest BCUT2D eigenvalue weighted by atomic mass is 16.7. The fraction of sp³-hybridized carbons (Fsp3) is 0.404. The third-order valence-electron chi connectivity index (χ3n) is 9.19. The number of aryl methyl sites for hydroxylation is 2. The molecule has 2 fully saturated rings. The summed E-state index contributed by atoms with van der Waals surface area (Å²) in [5.41, 5.74) is 4.56. The fourth-order valence-corrected chi connectivity index (χ4v) is 5.78. The molecule has 0 aliphatic carbocycles. The van der Waals surface area contributed by atoms with Gasteiger partial charge in [-0.25, -0.2) is 4.79 Å². The molecule has 0 amide bonds. The van der Waals surface area contributed by atoms with Crippen LogP contribution in [0.4, 0.5) is 0 Å². The third kappa shape index (κ3) is 16.7. The van der Waals surface area contributed by atoms with Gasteiger partial charge in [-0.3, -0.25) is 14.4 Å². The lowest BCUT2D eigenvalue weighted by Gasteiger charge is -2.22. The van der Waals surface area contributed by atoms with E-state index < -0.39 is 0 Å². The number of esters is 1. The Kier molecular flexibility index (Phi) is 19.8. The van der Waals surface area contributed by atoms with Gasteiger partial charge in [-0.2, -0.15) is 0 Å². The predicted octanol–water partition coefficient (Wildman–Crippen LogP) is 8.97. The zero-order chi connectivity index (χ0) is 41.5. The Bertz CT molecular complexity index is 1820. The first-order valence-corrected chi connectivity index (χ1v) is 19.8. The topological polar surface area (TPSA) is 133 Å². The number of ether oxygens (including phenoxy) is 7. The smallest absolute Gasteiger partial charge is 0.337 e.